The number of anilines is 1. The first-order valence-corrected chi connectivity index (χ1v) is 9.54. The molecule has 5 heteroatoms. The van der Waals surface area contributed by atoms with E-state index < -0.39 is 0 Å². The third-order valence-corrected chi connectivity index (χ3v) is 5.97. The summed E-state index contributed by atoms with van der Waals surface area (Å²) in [6.07, 6.45) is 9.17. The molecule has 0 saturated carbocycles. The monoisotopic (exact) mass is 342 g/mol. The summed E-state index contributed by atoms with van der Waals surface area (Å²) in [5.41, 5.74) is 2.51. The van der Waals surface area contributed by atoms with Crippen LogP contribution in [0.4, 0.5) is 5.82 Å². The molecule has 4 rings (SSSR count). The maximum Gasteiger partial charge on any atom is 0.152 e. The van der Waals surface area contributed by atoms with Crippen LogP contribution in [0, 0.1) is 0 Å². The van der Waals surface area contributed by atoms with Gasteiger partial charge in [-0.2, -0.15) is 0 Å². The highest BCUT2D eigenvalue weighted by Gasteiger charge is 2.37. The van der Waals surface area contributed by atoms with Gasteiger partial charge in [0.1, 0.15) is 0 Å². The molecule has 25 heavy (non-hydrogen) atoms. The zero-order valence-corrected chi connectivity index (χ0v) is 15.7. The smallest absolute Gasteiger partial charge is 0.152 e. The van der Waals surface area contributed by atoms with E-state index >= 15 is 0 Å². The van der Waals surface area contributed by atoms with E-state index in [2.05, 4.69) is 59.7 Å². The summed E-state index contributed by atoms with van der Waals surface area (Å²) in [5.74, 6) is 1.06. The van der Waals surface area contributed by atoms with Crippen LogP contribution in [0.3, 0.4) is 0 Å². The minimum atomic E-state index is 0.111. The molecule has 0 amide bonds. The summed E-state index contributed by atoms with van der Waals surface area (Å²) in [6.45, 7) is 6.54. The zero-order valence-electron chi connectivity index (χ0n) is 15.7. The summed E-state index contributed by atoms with van der Waals surface area (Å²) in [4.78, 5) is 9.92. The van der Waals surface area contributed by atoms with Gasteiger partial charge in [-0.3, -0.25) is 4.90 Å². The Labute approximate surface area is 150 Å². The number of fused-ring (bicyclic) bond motifs is 1. The molecule has 0 N–H and O–H groups in total. The minimum Gasteiger partial charge on any atom is -0.381 e. The highest BCUT2D eigenvalue weighted by Crippen LogP contribution is 2.36. The Kier molecular flexibility index (Phi) is 4.46. The van der Waals surface area contributed by atoms with Crippen molar-refractivity contribution in [2.45, 2.75) is 44.1 Å². The lowest BCUT2D eigenvalue weighted by Crippen LogP contribution is -2.50. The number of hydrogen-bond acceptors (Lipinski definition) is 4. The molecular weight excluding hydrogens is 312 g/mol. The molecule has 2 aromatic heterocycles. The van der Waals surface area contributed by atoms with Crippen molar-refractivity contribution < 1.29 is 4.74 Å². The molecule has 2 aromatic rings. The zero-order chi connectivity index (χ0) is 17.4. The second-order valence-electron chi connectivity index (χ2n) is 8.12. The Morgan fingerprint density at radius 1 is 1.28 bits per heavy atom. The lowest BCUT2D eigenvalue weighted by Gasteiger charge is -2.44. The number of ether oxygens (including phenoxy) is 1. The van der Waals surface area contributed by atoms with Gasteiger partial charge in [-0.15, -0.1) is 0 Å². The van der Waals surface area contributed by atoms with Gasteiger partial charge in [0, 0.05) is 57.7 Å². The molecule has 1 atom stereocenters. The average Bonchev–Trinajstić information content (AvgIpc) is 3.10. The van der Waals surface area contributed by atoms with Crippen LogP contribution in [0.2, 0.25) is 0 Å². The Morgan fingerprint density at radius 2 is 2.08 bits per heavy atom. The topological polar surface area (TPSA) is 33.0 Å². The Hall–Kier alpha value is -1.59. The van der Waals surface area contributed by atoms with Crippen LogP contribution >= 0.6 is 0 Å². The van der Waals surface area contributed by atoms with Crippen molar-refractivity contribution in [3.63, 3.8) is 0 Å². The van der Waals surface area contributed by atoms with E-state index in [0.29, 0.717) is 6.04 Å². The van der Waals surface area contributed by atoms with Crippen LogP contribution < -0.4 is 4.90 Å². The Balaban J connectivity index is 1.66. The first kappa shape index (κ1) is 16.9. The second kappa shape index (κ2) is 6.61. The van der Waals surface area contributed by atoms with Gasteiger partial charge in [0.05, 0.1) is 11.2 Å². The van der Waals surface area contributed by atoms with Gasteiger partial charge in [-0.1, -0.05) is 6.92 Å². The van der Waals surface area contributed by atoms with Crippen molar-refractivity contribution in [2.24, 2.45) is 0 Å². The lowest BCUT2D eigenvalue weighted by atomic mass is 9.78. The molecular formula is C20H30N4O. The van der Waals surface area contributed by atoms with Gasteiger partial charge in [-0.25, -0.2) is 4.98 Å². The second-order valence-corrected chi connectivity index (χ2v) is 8.12. The lowest BCUT2D eigenvalue weighted by molar-refractivity contribution is 0.0135. The Bertz CT molecular complexity index is 734. The van der Waals surface area contributed by atoms with E-state index in [1.807, 2.05) is 0 Å². The third kappa shape index (κ3) is 3.15. The molecule has 0 aliphatic carbocycles. The van der Waals surface area contributed by atoms with Crippen molar-refractivity contribution in [2.75, 3.05) is 45.3 Å². The molecule has 2 aliphatic heterocycles. The van der Waals surface area contributed by atoms with Crippen LogP contribution in [-0.2, 0) is 10.2 Å². The maximum atomic E-state index is 5.56. The standard InChI is InChI=1S/C20H30N4O/c1-20(9-5-11-24(15-20)16-7-12-25-13-8-16)18-14-23-10-4-6-17(23)19(21-18)22(2)3/h4,6,10,14,16H,5,7-9,11-13,15H2,1-3H3/t20-/m0/s1. The SMILES string of the molecule is CN(C)c1nc([C@@]2(C)CCCN(C3CCOCC3)C2)cn2cccc12. The fourth-order valence-electron chi connectivity index (χ4n) is 4.50. The van der Waals surface area contributed by atoms with Gasteiger partial charge < -0.3 is 14.0 Å². The molecule has 5 nitrogen and oxygen atoms in total. The van der Waals surface area contributed by atoms with Crippen molar-refractivity contribution in [1.29, 1.82) is 0 Å². The maximum absolute atomic E-state index is 5.56. The predicted octanol–water partition coefficient (Wildman–Crippen LogP) is 2.93. The van der Waals surface area contributed by atoms with E-state index in [4.69, 9.17) is 9.72 Å². The minimum absolute atomic E-state index is 0.111. The van der Waals surface area contributed by atoms with Gasteiger partial charge in [0.15, 0.2) is 5.82 Å². The summed E-state index contributed by atoms with van der Waals surface area (Å²) in [7, 11) is 4.16. The van der Waals surface area contributed by atoms with Crippen molar-refractivity contribution in [3.8, 4) is 0 Å². The van der Waals surface area contributed by atoms with Crippen molar-refractivity contribution in [1.82, 2.24) is 14.3 Å². The van der Waals surface area contributed by atoms with Crippen LogP contribution in [0.25, 0.3) is 5.52 Å². The fourth-order valence-corrected chi connectivity index (χ4v) is 4.50. The molecule has 4 heterocycles. The van der Waals surface area contributed by atoms with Crippen LogP contribution in [0.5, 0.6) is 0 Å². The van der Waals surface area contributed by atoms with Gasteiger partial charge in [-0.05, 0) is 44.4 Å². The van der Waals surface area contributed by atoms with Crippen molar-refractivity contribution >= 4 is 11.3 Å². The molecule has 2 aliphatic rings. The van der Waals surface area contributed by atoms with Gasteiger partial charge >= 0.3 is 0 Å². The van der Waals surface area contributed by atoms with E-state index in [-0.39, 0.29) is 5.41 Å². The quantitative estimate of drug-likeness (QED) is 0.859. The fraction of sp³-hybridized carbons (Fsp3) is 0.650. The van der Waals surface area contributed by atoms with Crippen LogP contribution in [0.1, 0.15) is 38.3 Å². The van der Waals surface area contributed by atoms with Crippen molar-refractivity contribution in [3.05, 3.63) is 30.2 Å². The number of hydrogen-bond donors (Lipinski definition) is 0. The average molecular weight is 342 g/mol. The molecule has 0 radical (unpaired) electrons. The third-order valence-electron chi connectivity index (χ3n) is 5.97. The van der Waals surface area contributed by atoms with Crippen LogP contribution in [0.15, 0.2) is 24.5 Å². The first-order valence-electron chi connectivity index (χ1n) is 9.54. The number of nitrogens with zero attached hydrogens (tertiary/aromatic N) is 4. The summed E-state index contributed by atoms with van der Waals surface area (Å²) >= 11 is 0. The predicted molar refractivity (Wildman–Crippen MR) is 102 cm³/mol. The molecule has 0 aromatic carbocycles. The van der Waals surface area contributed by atoms with Crippen LogP contribution in [-0.4, -0.2) is 60.7 Å². The largest absolute Gasteiger partial charge is 0.381 e. The molecule has 0 bridgehead atoms. The number of piperidine rings is 1. The van der Waals surface area contributed by atoms with E-state index in [0.717, 1.165) is 25.6 Å². The first-order chi connectivity index (χ1) is 12.1. The summed E-state index contributed by atoms with van der Waals surface area (Å²) < 4.78 is 7.79. The molecule has 0 spiro atoms. The number of rotatable bonds is 3. The number of likely N-dealkylation sites (tertiary alicyclic amines) is 1. The van der Waals surface area contributed by atoms with E-state index in [1.165, 1.54) is 43.4 Å². The summed E-state index contributed by atoms with van der Waals surface area (Å²) in [6, 6.07) is 4.92. The highest BCUT2D eigenvalue weighted by molar-refractivity contribution is 5.69. The molecule has 0 unspecified atom stereocenters. The van der Waals surface area contributed by atoms with Gasteiger partial charge in [0.25, 0.3) is 0 Å². The Morgan fingerprint density at radius 3 is 2.84 bits per heavy atom. The molecule has 136 valence electrons. The van der Waals surface area contributed by atoms with E-state index in [9.17, 15) is 0 Å². The van der Waals surface area contributed by atoms with Gasteiger partial charge in [0.2, 0.25) is 0 Å². The summed E-state index contributed by atoms with van der Waals surface area (Å²) in [5, 5.41) is 0. The van der Waals surface area contributed by atoms with E-state index in [1.54, 1.807) is 0 Å². The normalized spacial score (nSPS) is 26.2. The molecule has 2 fully saturated rings. The number of aromatic nitrogens is 2. The molecule has 2 saturated heterocycles. The highest BCUT2D eigenvalue weighted by atomic mass is 16.5.